The van der Waals surface area contributed by atoms with Gasteiger partial charge in [-0.1, -0.05) is 0 Å². The van der Waals surface area contributed by atoms with Crippen LogP contribution in [-0.2, 0) is 4.74 Å². The SMILES string of the molecule is CNC(=O)c1ccc(NC(C)COC)cc1. The molecular weight excluding hydrogens is 204 g/mol. The first-order valence-electron chi connectivity index (χ1n) is 5.25. The van der Waals surface area contributed by atoms with Crippen LogP contribution in [0.1, 0.15) is 17.3 Å². The predicted octanol–water partition coefficient (Wildman–Crippen LogP) is 1.49. The number of hydrogen-bond donors (Lipinski definition) is 2. The van der Waals surface area contributed by atoms with Gasteiger partial charge in [0.25, 0.3) is 5.91 Å². The van der Waals surface area contributed by atoms with E-state index >= 15 is 0 Å². The quantitative estimate of drug-likeness (QED) is 0.793. The highest BCUT2D eigenvalue weighted by Crippen LogP contribution is 2.10. The van der Waals surface area contributed by atoms with E-state index in [9.17, 15) is 4.79 Å². The Morgan fingerprint density at radius 2 is 2.00 bits per heavy atom. The van der Waals surface area contributed by atoms with Crippen LogP contribution in [0.15, 0.2) is 24.3 Å². The number of nitrogens with one attached hydrogen (secondary N) is 2. The van der Waals surface area contributed by atoms with Crippen molar-refractivity contribution in [3.8, 4) is 0 Å². The molecule has 4 heteroatoms. The summed E-state index contributed by atoms with van der Waals surface area (Å²) >= 11 is 0. The summed E-state index contributed by atoms with van der Waals surface area (Å²) in [5.41, 5.74) is 1.64. The van der Waals surface area contributed by atoms with Gasteiger partial charge in [0.2, 0.25) is 0 Å². The molecule has 0 fully saturated rings. The molecular formula is C12H18N2O2. The number of ether oxygens (including phenoxy) is 1. The first kappa shape index (κ1) is 12.5. The van der Waals surface area contributed by atoms with Crippen molar-refractivity contribution < 1.29 is 9.53 Å². The average molecular weight is 222 g/mol. The molecule has 0 aliphatic rings. The zero-order valence-electron chi connectivity index (χ0n) is 9.91. The monoisotopic (exact) mass is 222 g/mol. The number of amides is 1. The van der Waals surface area contributed by atoms with Crippen molar-refractivity contribution in [1.82, 2.24) is 5.32 Å². The third-order valence-electron chi connectivity index (χ3n) is 2.20. The van der Waals surface area contributed by atoms with Gasteiger partial charge in [0, 0.05) is 31.5 Å². The molecule has 0 bridgehead atoms. The van der Waals surface area contributed by atoms with Crippen molar-refractivity contribution in [3.63, 3.8) is 0 Å². The molecule has 1 atom stereocenters. The Morgan fingerprint density at radius 3 is 2.50 bits per heavy atom. The van der Waals surface area contributed by atoms with Crippen LogP contribution in [0.3, 0.4) is 0 Å². The number of carbonyl (C=O) groups excluding carboxylic acids is 1. The van der Waals surface area contributed by atoms with Gasteiger partial charge >= 0.3 is 0 Å². The molecule has 0 aromatic heterocycles. The van der Waals surface area contributed by atoms with Gasteiger partial charge in [-0.3, -0.25) is 4.79 Å². The fourth-order valence-corrected chi connectivity index (χ4v) is 1.44. The molecule has 1 aromatic rings. The second-order valence-corrected chi connectivity index (χ2v) is 3.66. The maximum Gasteiger partial charge on any atom is 0.251 e. The van der Waals surface area contributed by atoms with Gasteiger partial charge < -0.3 is 15.4 Å². The number of methoxy groups -OCH3 is 1. The van der Waals surface area contributed by atoms with E-state index < -0.39 is 0 Å². The van der Waals surface area contributed by atoms with Crippen molar-refractivity contribution >= 4 is 11.6 Å². The minimum Gasteiger partial charge on any atom is -0.383 e. The summed E-state index contributed by atoms with van der Waals surface area (Å²) in [6, 6.07) is 7.60. The van der Waals surface area contributed by atoms with Gasteiger partial charge in [-0.2, -0.15) is 0 Å². The molecule has 0 spiro atoms. The lowest BCUT2D eigenvalue weighted by molar-refractivity contribution is 0.0963. The summed E-state index contributed by atoms with van der Waals surface area (Å²) in [6.07, 6.45) is 0. The highest BCUT2D eigenvalue weighted by molar-refractivity contribution is 5.94. The Hall–Kier alpha value is -1.55. The van der Waals surface area contributed by atoms with Crippen molar-refractivity contribution in [2.75, 3.05) is 26.1 Å². The number of carbonyl (C=O) groups is 1. The minimum absolute atomic E-state index is 0.0727. The van der Waals surface area contributed by atoms with Crippen molar-refractivity contribution in [1.29, 1.82) is 0 Å². The highest BCUT2D eigenvalue weighted by Gasteiger charge is 2.04. The molecule has 0 heterocycles. The first-order chi connectivity index (χ1) is 7.67. The van der Waals surface area contributed by atoms with E-state index in [1.54, 1.807) is 26.3 Å². The second-order valence-electron chi connectivity index (χ2n) is 3.66. The fourth-order valence-electron chi connectivity index (χ4n) is 1.44. The summed E-state index contributed by atoms with van der Waals surface area (Å²) in [5.74, 6) is -0.0727. The molecule has 2 N–H and O–H groups in total. The van der Waals surface area contributed by atoms with E-state index in [1.165, 1.54) is 0 Å². The van der Waals surface area contributed by atoms with Crippen LogP contribution in [0.5, 0.6) is 0 Å². The molecule has 0 saturated carbocycles. The van der Waals surface area contributed by atoms with Crippen LogP contribution in [0, 0.1) is 0 Å². The summed E-state index contributed by atoms with van der Waals surface area (Å²) in [7, 11) is 3.29. The standard InChI is InChI=1S/C12H18N2O2/c1-9(8-16-3)14-11-6-4-10(5-7-11)12(15)13-2/h4-7,9,14H,8H2,1-3H3,(H,13,15). The Balaban J connectivity index is 2.61. The Kier molecular flexibility index (Phi) is 4.79. The van der Waals surface area contributed by atoms with Crippen LogP contribution in [0.2, 0.25) is 0 Å². The molecule has 1 unspecified atom stereocenters. The maximum absolute atomic E-state index is 11.3. The van der Waals surface area contributed by atoms with Gasteiger partial charge in [-0.05, 0) is 31.2 Å². The third kappa shape index (κ3) is 3.55. The molecule has 0 saturated heterocycles. The van der Waals surface area contributed by atoms with Crippen LogP contribution >= 0.6 is 0 Å². The third-order valence-corrected chi connectivity index (χ3v) is 2.20. The normalized spacial score (nSPS) is 11.9. The van der Waals surface area contributed by atoms with Crippen LogP contribution in [0.25, 0.3) is 0 Å². The lowest BCUT2D eigenvalue weighted by atomic mass is 10.2. The van der Waals surface area contributed by atoms with Gasteiger partial charge in [-0.15, -0.1) is 0 Å². The minimum atomic E-state index is -0.0727. The van der Waals surface area contributed by atoms with E-state index in [0.717, 1.165) is 5.69 Å². The molecule has 0 radical (unpaired) electrons. The number of anilines is 1. The fraction of sp³-hybridized carbons (Fsp3) is 0.417. The zero-order valence-corrected chi connectivity index (χ0v) is 9.91. The molecule has 1 amide bonds. The zero-order chi connectivity index (χ0) is 12.0. The van der Waals surface area contributed by atoms with Gasteiger partial charge in [-0.25, -0.2) is 0 Å². The topological polar surface area (TPSA) is 50.4 Å². The summed E-state index contributed by atoms with van der Waals surface area (Å²) in [4.78, 5) is 11.3. The van der Waals surface area contributed by atoms with Crippen molar-refractivity contribution in [2.24, 2.45) is 0 Å². The van der Waals surface area contributed by atoms with E-state index in [2.05, 4.69) is 10.6 Å². The largest absolute Gasteiger partial charge is 0.383 e. The van der Waals surface area contributed by atoms with Gasteiger partial charge in [0.15, 0.2) is 0 Å². The Morgan fingerprint density at radius 1 is 1.38 bits per heavy atom. The molecule has 0 aliphatic carbocycles. The van der Waals surface area contributed by atoms with E-state index in [1.807, 2.05) is 19.1 Å². The molecule has 16 heavy (non-hydrogen) atoms. The molecule has 0 aliphatic heterocycles. The molecule has 88 valence electrons. The summed E-state index contributed by atoms with van der Waals surface area (Å²) in [6.45, 7) is 2.69. The van der Waals surface area contributed by atoms with Gasteiger partial charge in [0.1, 0.15) is 0 Å². The second kappa shape index (κ2) is 6.12. The Labute approximate surface area is 96.0 Å². The molecule has 1 aromatic carbocycles. The summed E-state index contributed by atoms with van der Waals surface area (Å²) in [5, 5.41) is 5.85. The van der Waals surface area contributed by atoms with Crippen molar-refractivity contribution in [3.05, 3.63) is 29.8 Å². The Bertz CT molecular complexity index is 335. The predicted molar refractivity (Wildman–Crippen MR) is 64.8 cm³/mol. The van der Waals surface area contributed by atoms with E-state index in [0.29, 0.717) is 12.2 Å². The smallest absolute Gasteiger partial charge is 0.251 e. The average Bonchev–Trinajstić information content (AvgIpc) is 2.29. The number of hydrogen-bond acceptors (Lipinski definition) is 3. The first-order valence-corrected chi connectivity index (χ1v) is 5.25. The van der Waals surface area contributed by atoms with E-state index in [4.69, 9.17) is 4.74 Å². The van der Waals surface area contributed by atoms with Crippen LogP contribution in [0.4, 0.5) is 5.69 Å². The van der Waals surface area contributed by atoms with Gasteiger partial charge in [0.05, 0.1) is 6.61 Å². The maximum atomic E-state index is 11.3. The highest BCUT2D eigenvalue weighted by atomic mass is 16.5. The van der Waals surface area contributed by atoms with Crippen LogP contribution < -0.4 is 10.6 Å². The molecule has 4 nitrogen and oxygen atoms in total. The number of rotatable bonds is 5. The lowest BCUT2D eigenvalue weighted by Crippen LogP contribution is -2.21. The summed E-state index contributed by atoms with van der Waals surface area (Å²) < 4.78 is 5.03. The lowest BCUT2D eigenvalue weighted by Gasteiger charge is -2.14. The molecule has 1 rings (SSSR count). The van der Waals surface area contributed by atoms with Crippen LogP contribution in [-0.4, -0.2) is 32.7 Å². The van der Waals surface area contributed by atoms with E-state index in [-0.39, 0.29) is 11.9 Å². The number of benzene rings is 1. The van der Waals surface area contributed by atoms with Crippen molar-refractivity contribution in [2.45, 2.75) is 13.0 Å².